The van der Waals surface area contributed by atoms with E-state index in [0.29, 0.717) is 11.6 Å². The molecule has 0 spiro atoms. The number of hydrogen-bond donors (Lipinski definition) is 0. The van der Waals surface area contributed by atoms with E-state index in [1.807, 2.05) is 0 Å². The summed E-state index contributed by atoms with van der Waals surface area (Å²) in [4.78, 5) is 11.4. The van der Waals surface area contributed by atoms with E-state index < -0.39 is 16.8 Å². The van der Waals surface area contributed by atoms with Crippen LogP contribution in [0.4, 0.5) is 0 Å². The highest BCUT2D eigenvalue weighted by molar-refractivity contribution is 7.84. The van der Waals surface area contributed by atoms with Gasteiger partial charge in [-0.1, -0.05) is 0 Å². The average Bonchev–Trinajstić information content (AvgIpc) is 2.47. The molecule has 1 unspecified atom stereocenters. The Morgan fingerprint density at radius 1 is 1.71 bits per heavy atom. The zero-order valence-corrected chi connectivity index (χ0v) is 9.13. The SMILES string of the molecule is CCOC(=O)c1cnn(C)c1S(C)=O. The number of esters is 1. The number of ether oxygens (including phenoxy) is 1. The van der Waals surface area contributed by atoms with Crippen LogP contribution in [0.15, 0.2) is 11.2 Å². The number of aryl methyl sites for hydroxylation is 1. The molecule has 78 valence electrons. The summed E-state index contributed by atoms with van der Waals surface area (Å²) < 4.78 is 17.5. The van der Waals surface area contributed by atoms with Gasteiger partial charge in [0.15, 0.2) is 0 Å². The smallest absolute Gasteiger partial charge is 0.342 e. The lowest BCUT2D eigenvalue weighted by atomic mass is 10.4. The Bertz CT molecular complexity index is 373. The van der Waals surface area contributed by atoms with Crippen LogP contribution >= 0.6 is 0 Å². The molecule has 5 nitrogen and oxygen atoms in total. The largest absolute Gasteiger partial charge is 0.462 e. The molecular formula is C8H12N2O3S. The molecule has 0 aliphatic rings. The summed E-state index contributed by atoms with van der Waals surface area (Å²) in [7, 11) is 0.393. The fraction of sp³-hybridized carbons (Fsp3) is 0.500. The summed E-state index contributed by atoms with van der Waals surface area (Å²) in [5, 5.41) is 4.26. The summed E-state index contributed by atoms with van der Waals surface area (Å²) in [6.07, 6.45) is 2.87. The molecule has 0 N–H and O–H groups in total. The van der Waals surface area contributed by atoms with E-state index >= 15 is 0 Å². The Labute approximate surface area is 84.5 Å². The van der Waals surface area contributed by atoms with Gasteiger partial charge in [0.05, 0.1) is 23.6 Å². The van der Waals surface area contributed by atoms with Crippen molar-refractivity contribution in [1.29, 1.82) is 0 Å². The minimum atomic E-state index is -1.25. The normalized spacial score (nSPS) is 12.5. The van der Waals surface area contributed by atoms with E-state index in [2.05, 4.69) is 5.10 Å². The molecule has 1 heterocycles. The minimum Gasteiger partial charge on any atom is -0.462 e. The Morgan fingerprint density at radius 3 is 2.86 bits per heavy atom. The highest BCUT2D eigenvalue weighted by Crippen LogP contribution is 2.12. The second kappa shape index (κ2) is 4.36. The van der Waals surface area contributed by atoms with E-state index in [-0.39, 0.29) is 5.56 Å². The molecule has 6 heteroatoms. The van der Waals surface area contributed by atoms with E-state index in [4.69, 9.17) is 4.74 Å². The second-order valence-electron chi connectivity index (χ2n) is 2.66. The zero-order valence-electron chi connectivity index (χ0n) is 8.31. The van der Waals surface area contributed by atoms with E-state index in [0.717, 1.165) is 0 Å². The lowest BCUT2D eigenvalue weighted by Crippen LogP contribution is -2.09. The van der Waals surface area contributed by atoms with Gasteiger partial charge in [-0.05, 0) is 6.92 Å². The molecule has 1 atom stereocenters. The fourth-order valence-corrected chi connectivity index (χ4v) is 1.98. The topological polar surface area (TPSA) is 61.2 Å². The summed E-state index contributed by atoms with van der Waals surface area (Å²) >= 11 is 0. The van der Waals surface area contributed by atoms with Crippen LogP contribution in [0.2, 0.25) is 0 Å². The van der Waals surface area contributed by atoms with E-state index in [1.54, 1.807) is 14.0 Å². The Balaban J connectivity index is 3.09. The van der Waals surface area contributed by atoms with Crippen LogP contribution < -0.4 is 0 Å². The molecule has 0 bridgehead atoms. The predicted molar refractivity (Wildman–Crippen MR) is 51.5 cm³/mol. The maximum absolute atomic E-state index is 11.4. The van der Waals surface area contributed by atoms with Gasteiger partial charge in [0.2, 0.25) is 0 Å². The minimum absolute atomic E-state index is 0.273. The molecule has 0 aliphatic carbocycles. The number of aromatic nitrogens is 2. The molecule has 1 aromatic heterocycles. The van der Waals surface area contributed by atoms with E-state index in [9.17, 15) is 9.00 Å². The molecule has 0 saturated heterocycles. The van der Waals surface area contributed by atoms with Crippen molar-refractivity contribution in [1.82, 2.24) is 9.78 Å². The Kier molecular flexibility index (Phi) is 3.40. The van der Waals surface area contributed by atoms with Crippen molar-refractivity contribution in [3.8, 4) is 0 Å². The van der Waals surface area contributed by atoms with Crippen LogP contribution in [0.3, 0.4) is 0 Å². The molecule has 0 radical (unpaired) electrons. The average molecular weight is 216 g/mol. The Morgan fingerprint density at radius 2 is 2.36 bits per heavy atom. The van der Waals surface area contributed by atoms with Crippen LogP contribution in [-0.2, 0) is 22.6 Å². The van der Waals surface area contributed by atoms with Gasteiger partial charge in [0, 0.05) is 13.3 Å². The number of carbonyl (C=O) groups excluding carboxylic acids is 1. The standard InChI is InChI=1S/C8H12N2O3S/c1-4-13-8(11)6-5-9-10(2)7(6)14(3)12/h5H,4H2,1-3H3. The number of hydrogen-bond acceptors (Lipinski definition) is 4. The van der Waals surface area contributed by atoms with Gasteiger partial charge in [-0.25, -0.2) is 4.79 Å². The van der Waals surface area contributed by atoms with Crippen molar-refractivity contribution < 1.29 is 13.7 Å². The van der Waals surface area contributed by atoms with Gasteiger partial charge >= 0.3 is 5.97 Å². The number of nitrogens with zero attached hydrogens (tertiary/aromatic N) is 2. The van der Waals surface area contributed by atoms with E-state index in [1.165, 1.54) is 17.1 Å². The third-order valence-corrected chi connectivity index (χ3v) is 2.68. The first-order valence-electron chi connectivity index (χ1n) is 4.10. The maximum atomic E-state index is 11.4. The first-order valence-corrected chi connectivity index (χ1v) is 5.66. The van der Waals surface area contributed by atoms with Crippen molar-refractivity contribution in [2.45, 2.75) is 11.9 Å². The monoisotopic (exact) mass is 216 g/mol. The van der Waals surface area contributed by atoms with Gasteiger partial charge in [-0.3, -0.25) is 8.89 Å². The van der Waals surface area contributed by atoms with Gasteiger partial charge in [0.25, 0.3) is 0 Å². The van der Waals surface area contributed by atoms with Crippen LogP contribution in [0.25, 0.3) is 0 Å². The third-order valence-electron chi connectivity index (χ3n) is 1.65. The second-order valence-corrected chi connectivity index (χ2v) is 3.96. The molecule has 1 aromatic rings. The molecule has 0 aliphatic heterocycles. The molecule has 1 rings (SSSR count). The van der Waals surface area contributed by atoms with Crippen LogP contribution in [0.1, 0.15) is 17.3 Å². The van der Waals surface area contributed by atoms with Crippen molar-refractivity contribution in [2.24, 2.45) is 7.05 Å². The summed E-state index contributed by atoms with van der Waals surface area (Å²) in [6, 6.07) is 0. The molecule has 14 heavy (non-hydrogen) atoms. The van der Waals surface area contributed by atoms with Crippen molar-refractivity contribution in [3.05, 3.63) is 11.8 Å². The predicted octanol–water partition coefficient (Wildman–Crippen LogP) is 0.334. The lowest BCUT2D eigenvalue weighted by Gasteiger charge is -2.02. The molecule has 0 amide bonds. The quantitative estimate of drug-likeness (QED) is 0.683. The van der Waals surface area contributed by atoms with Crippen LogP contribution in [0.5, 0.6) is 0 Å². The van der Waals surface area contributed by atoms with Gasteiger partial charge in [0.1, 0.15) is 10.6 Å². The fourth-order valence-electron chi connectivity index (χ4n) is 1.12. The first kappa shape index (κ1) is 10.9. The molecular weight excluding hydrogens is 204 g/mol. The number of rotatable bonds is 3. The van der Waals surface area contributed by atoms with Gasteiger partial charge in [-0.2, -0.15) is 5.10 Å². The van der Waals surface area contributed by atoms with Crippen LogP contribution in [0, 0.1) is 0 Å². The summed E-state index contributed by atoms with van der Waals surface area (Å²) in [6.45, 7) is 2.01. The van der Waals surface area contributed by atoms with Crippen LogP contribution in [-0.4, -0.2) is 32.8 Å². The van der Waals surface area contributed by atoms with Crippen molar-refractivity contribution in [2.75, 3.05) is 12.9 Å². The van der Waals surface area contributed by atoms with Gasteiger partial charge < -0.3 is 4.74 Å². The lowest BCUT2D eigenvalue weighted by molar-refractivity contribution is 0.0521. The van der Waals surface area contributed by atoms with Gasteiger partial charge in [-0.15, -0.1) is 0 Å². The first-order chi connectivity index (χ1) is 6.57. The summed E-state index contributed by atoms with van der Waals surface area (Å²) in [5.41, 5.74) is 0.273. The van der Waals surface area contributed by atoms with Crippen molar-refractivity contribution in [3.63, 3.8) is 0 Å². The zero-order chi connectivity index (χ0) is 10.7. The molecule has 0 fully saturated rings. The summed E-state index contributed by atoms with van der Waals surface area (Å²) in [5.74, 6) is -0.481. The maximum Gasteiger partial charge on any atom is 0.342 e. The molecule has 0 saturated carbocycles. The third kappa shape index (κ3) is 2.01. The highest BCUT2D eigenvalue weighted by atomic mass is 32.2. The highest BCUT2D eigenvalue weighted by Gasteiger charge is 2.19. The number of carbonyl (C=O) groups is 1. The Hall–Kier alpha value is -1.17. The molecule has 0 aromatic carbocycles. The van der Waals surface area contributed by atoms with Crippen molar-refractivity contribution >= 4 is 16.8 Å².